The van der Waals surface area contributed by atoms with Crippen LogP contribution in [-0.2, 0) is 9.53 Å². The van der Waals surface area contributed by atoms with E-state index >= 15 is 0 Å². The maximum atomic E-state index is 13.3. The van der Waals surface area contributed by atoms with E-state index in [2.05, 4.69) is 15.6 Å². The van der Waals surface area contributed by atoms with E-state index in [1.54, 1.807) is 31.2 Å². The molecule has 4 rings (SSSR count). The number of nitrogens with zero attached hydrogens (tertiary/aromatic N) is 3. The van der Waals surface area contributed by atoms with Gasteiger partial charge in [-0.15, -0.1) is 0 Å². The van der Waals surface area contributed by atoms with Gasteiger partial charge in [-0.05, 0) is 56.9 Å². The Balaban J connectivity index is 1.71. The standard InChI is InChI=1S/C26H29N5O5/c1-3-18-23(26(33)36-4-2)24(28-20-11-7-6-10-19(20)27-18)29-25(32)17-12-13-21(22(16-17)31(34)35)30-14-8-5-9-15-30/h6-7,10-13,16,27H,3-5,8-9,14-15H2,1-2H3,(H,28,29,32). The van der Waals surface area contributed by atoms with E-state index < -0.39 is 16.8 Å². The van der Waals surface area contributed by atoms with Crippen LogP contribution in [-0.4, -0.2) is 42.3 Å². The highest BCUT2D eigenvalue weighted by Crippen LogP contribution is 2.33. The van der Waals surface area contributed by atoms with Crippen molar-refractivity contribution in [3.05, 3.63) is 69.4 Å². The number of aliphatic imine (C=N–C) groups is 1. The first-order valence-corrected chi connectivity index (χ1v) is 12.1. The summed E-state index contributed by atoms with van der Waals surface area (Å²) in [6.45, 7) is 5.20. The lowest BCUT2D eigenvalue weighted by atomic mass is 10.1. The van der Waals surface area contributed by atoms with Crippen molar-refractivity contribution >= 4 is 40.5 Å². The summed E-state index contributed by atoms with van der Waals surface area (Å²) in [5, 5.41) is 17.8. The summed E-state index contributed by atoms with van der Waals surface area (Å²) in [5.41, 5.74) is 2.34. The maximum Gasteiger partial charge on any atom is 0.343 e. The molecular weight excluding hydrogens is 462 g/mol. The molecule has 0 aromatic heterocycles. The van der Waals surface area contributed by atoms with Gasteiger partial charge in [0.25, 0.3) is 11.6 Å². The minimum absolute atomic E-state index is 0.0236. The zero-order valence-electron chi connectivity index (χ0n) is 20.4. The zero-order valence-corrected chi connectivity index (χ0v) is 20.4. The Morgan fingerprint density at radius 1 is 1.14 bits per heavy atom. The normalized spacial score (nSPS) is 15.3. The number of esters is 1. The summed E-state index contributed by atoms with van der Waals surface area (Å²) in [4.78, 5) is 44.1. The van der Waals surface area contributed by atoms with Crippen LogP contribution in [0, 0.1) is 10.1 Å². The van der Waals surface area contributed by atoms with Gasteiger partial charge in [-0.25, -0.2) is 9.79 Å². The number of amidine groups is 1. The van der Waals surface area contributed by atoms with Crippen molar-refractivity contribution in [1.82, 2.24) is 5.32 Å². The van der Waals surface area contributed by atoms with Crippen molar-refractivity contribution in [2.24, 2.45) is 4.99 Å². The first kappa shape index (κ1) is 24.9. The lowest BCUT2D eigenvalue weighted by Crippen LogP contribution is -2.36. The average Bonchev–Trinajstić information content (AvgIpc) is 3.05. The molecule has 1 fully saturated rings. The molecule has 0 saturated carbocycles. The van der Waals surface area contributed by atoms with Gasteiger partial charge in [0.15, 0.2) is 0 Å². The van der Waals surface area contributed by atoms with E-state index in [0.717, 1.165) is 32.4 Å². The summed E-state index contributed by atoms with van der Waals surface area (Å²) in [7, 11) is 0. The number of hydrogen-bond donors (Lipinski definition) is 2. The number of fused-ring (bicyclic) bond motifs is 1. The number of amides is 1. The zero-order chi connectivity index (χ0) is 25.7. The lowest BCUT2D eigenvalue weighted by molar-refractivity contribution is -0.384. The predicted octanol–water partition coefficient (Wildman–Crippen LogP) is 4.70. The SMILES string of the molecule is CCOC(=O)C1=C(CC)Nc2ccccc2N=C1NC(=O)c1ccc(N2CCCCC2)c([N+](=O)[O-])c1. The molecule has 0 unspecified atom stereocenters. The van der Waals surface area contributed by atoms with Crippen LogP contribution in [0.3, 0.4) is 0 Å². The third-order valence-electron chi connectivity index (χ3n) is 6.16. The number of rotatable bonds is 6. The van der Waals surface area contributed by atoms with Crippen molar-refractivity contribution in [2.75, 3.05) is 29.9 Å². The van der Waals surface area contributed by atoms with Crippen LogP contribution in [0.4, 0.5) is 22.7 Å². The second kappa shape index (κ2) is 11.0. The van der Waals surface area contributed by atoms with Gasteiger partial charge in [0.05, 0.1) is 22.9 Å². The highest BCUT2D eigenvalue weighted by molar-refractivity contribution is 6.25. The van der Waals surface area contributed by atoms with Gasteiger partial charge in [-0.2, -0.15) is 0 Å². The molecule has 1 amide bonds. The minimum atomic E-state index is -0.625. The molecule has 188 valence electrons. The van der Waals surface area contributed by atoms with E-state index in [1.807, 2.05) is 24.0 Å². The van der Waals surface area contributed by atoms with E-state index in [0.29, 0.717) is 29.2 Å². The van der Waals surface area contributed by atoms with Crippen molar-refractivity contribution in [3.63, 3.8) is 0 Å². The monoisotopic (exact) mass is 491 g/mol. The van der Waals surface area contributed by atoms with E-state index in [-0.39, 0.29) is 29.3 Å². The number of piperidine rings is 1. The largest absolute Gasteiger partial charge is 0.462 e. The van der Waals surface area contributed by atoms with Crippen LogP contribution < -0.4 is 15.5 Å². The van der Waals surface area contributed by atoms with Crippen LogP contribution in [0.1, 0.15) is 49.9 Å². The number of nitro groups is 1. The first-order valence-electron chi connectivity index (χ1n) is 12.1. The van der Waals surface area contributed by atoms with Crippen molar-refractivity contribution in [3.8, 4) is 0 Å². The van der Waals surface area contributed by atoms with Gasteiger partial charge in [0.2, 0.25) is 0 Å². The molecule has 2 aliphatic heterocycles. The number of ether oxygens (including phenoxy) is 1. The predicted molar refractivity (Wildman–Crippen MR) is 138 cm³/mol. The summed E-state index contributed by atoms with van der Waals surface area (Å²) < 4.78 is 5.26. The Bertz CT molecular complexity index is 1250. The fraction of sp³-hybridized carbons (Fsp3) is 0.346. The number of para-hydroxylation sites is 2. The molecule has 0 spiro atoms. The third kappa shape index (κ3) is 5.22. The van der Waals surface area contributed by atoms with Crippen LogP contribution in [0.5, 0.6) is 0 Å². The molecule has 0 aliphatic carbocycles. The maximum absolute atomic E-state index is 13.3. The van der Waals surface area contributed by atoms with Gasteiger partial charge < -0.3 is 20.3 Å². The fourth-order valence-corrected chi connectivity index (χ4v) is 4.39. The number of anilines is 2. The minimum Gasteiger partial charge on any atom is -0.462 e. The van der Waals surface area contributed by atoms with Crippen LogP contribution in [0.25, 0.3) is 0 Å². The van der Waals surface area contributed by atoms with Gasteiger partial charge in [-0.3, -0.25) is 14.9 Å². The van der Waals surface area contributed by atoms with E-state index in [9.17, 15) is 19.7 Å². The molecule has 2 heterocycles. The molecular formula is C26H29N5O5. The molecule has 10 heteroatoms. The smallest absolute Gasteiger partial charge is 0.343 e. The Morgan fingerprint density at radius 3 is 2.58 bits per heavy atom. The van der Waals surface area contributed by atoms with Crippen LogP contribution in [0.2, 0.25) is 0 Å². The number of nitrogens with one attached hydrogen (secondary N) is 2. The topological polar surface area (TPSA) is 126 Å². The summed E-state index contributed by atoms with van der Waals surface area (Å²) in [6, 6.07) is 11.7. The van der Waals surface area contributed by atoms with E-state index in [4.69, 9.17) is 4.74 Å². The quantitative estimate of drug-likeness (QED) is 0.341. The Morgan fingerprint density at radius 2 is 1.89 bits per heavy atom. The third-order valence-corrected chi connectivity index (χ3v) is 6.16. The van der Waals surface area contributed by atoms with Gasteiger partial charge in [0.1, 0.15) is 17.1 Å². The first-order chi connectivity index (χ1) is 17.4. The molecule has 36 heavy (non-hydrogen) atoms. The van der Waals surface area contributed by atoms with Crippen LogP contribution >= 0.6 is 0 Å². The summed E-state index contributed by atoms with van der Waals surface area (Å²) in [5.74, 6) is -1.21. The lowest BCUT2D eigenvalue weighted by Gasteiger charge is -2.28. The highest BCUT2D eigenvalue weighted by atomic mass is 16.6. The molecule has 2 aliphatic rings. The van der Waals surface area contributed by atoms with Crippen molar-refractivity contribution in [1.29, 1.82) is 0 Å². The summed E-state index contributed by atoms with van der Waals surface area (Å²) in [6.07, 6.45) is 3.49. The number of carbonyl (C=O) groups is 2. The molecule has 2 N–H and O–H groups in total. The molecule has 2 aromatic rings. The number of nitro benzene ring substituents is 1. The molecule has 1 saturated heterocycles. The number of allylic oxidation sites excluding steroid dienone is 1. The second-order valence-corrected chi connectivity index (χ2v) is 8.49. The number of benzene rings is 2. The highest BCUT2D eigenvalue weighted by Gasteiger charge is 2.28. The molecule has 0 atom stereocenters. The van der Waals surface area contributed by atoms with Gasteiger partial charge >= 0.3 is 5.97 Å². The average molecular weight is 492 g/mol. The summed E-state index contributed by atoms with van der Waals surface area (Å²) >= 11 is 0. The van der Waals surface area contributed by atoms with Gasteiger partial charge in [-0.1, -0.05) is 19.1 Å². The molecule has 0 radical (unpaired) electrons. The Kier molecular flexibility index (Phi) is 7.62. The number of carbonyl (C=O) groups excluding carboxylic acids is 2. The Hall–Kier alpha value is -4.21. The molecule has 10 nitrogen and oxygen atoms in total. The molecule has 0 bridgehead atoms. The van der Waals surface area contributed by atoms with E-state index in [1.165, 1.54) is 6.07 Å². The van der Waals surface area contributed by atoms with Crippen molar-refractivity contribution in [2.45, 2.75) is 39.5 Å². The molecule has 2 aromatic carbocycles. The fourth-order valence-electron chi connectivity index (χ4n) is 4.39. The van der Waals surface area contributed by atoms with Gasteiger partial charge in [0, 0.05) is 30.4 Å². The van der Waals surface area contributed by atoms with Crippen molar-refractivity contribution < 1.29 is 19.2 Å². The number of hydrogen-bond acceptors (Lipinski definition) is 8. The second-order valence-electron chi connectivity index (χ2n) is 8.49. The Labute approximate surface area is 209 Å². The van der Waals surface area contributed by atoms with Crippen LogP contribution in [0.15, 0.2) is 58.7 Å².